The Kier molecular flexibility index (Phi) is 3.71. The Balaban J connectivity index is 3.06. The molecule has 0 saturated heterocycles. The van der Waals surface area contributed by atoms with Gasteiger partial charge in [0.1, 0.15) is 5.15 Å². The molecule has 0 aliphatic rings. The summed E-state index contributed by atoms with van der Waals surface area (Å²) >= 11 is 7.23. The lowest BCUT2D eigenvalue weighted by Gasteiger charge is -2.04. The van der Waals surface area contributed by atoms with Crippen LogP contribution < -0.4 is 4.90 Å². The molecule has 0 atom stereocenters. The fourth-order valence-electron chi connectivity index (χ4n) is 0.841. The van der Waals surface area contributed by atoms with Crippen LogP contribution in [0.2, 0.25) is 5.15 Å². The predicted molar refractivity (Wildman–Crippen MR) is 62.7 cm³/mol. The molecule has 0 amide bonds. The zero-order valence-corrected chi connectivity index (χ0v) is 10.2. The second-order valence-electron chi connectivity index (χ2n) is 3.18. The van der Waals surface area contributed by atoms with Gasteiger partial charge in [0.2, 0.25) is 0 Å². The second kappa shape index (κ2) is 4.63. The summed E-state index contributed by atoms with van der Waals surface area (Å²) < 4.78 is 0. The topological polar surface area (TPSA) is 53.4 Å². The molecule has 0 aliphatic heterocycles. The minimum Gasteiger partial charge on any atom is -0.478 e. The quantitative estimate of drug-likeness (QED) is 0.832. The summed E-state index contributed by atoms with van der Waals surface area (Å²) in [5, 5.41) is 9.80. The third-order valence-electron chi connectivity index (χ3n) is 1.67. The van der Waals surface area contributed by atoms with E-state index >= 15 is 0 Å². The van der Waals surface area contributed by atoms with Crippen LogP contribution in [0.5, 0.6) is 0 Å². The number of halogens is 1. The molecular weight excluding hydrogens is 236 g/mol. The number of hydrogen-bond acceptors (Lipinski definition) is 4. The third-order valence-corrected chi connectivity index (χ3v) is 3.24. The lowest BCUT2D eigenvalue weighted by Crippen LogP contribution is -2.07. The fraction of sp³-hybridized carbons (Fsp3) is 0.333. The largest absolute Gasteiger partial charge is 0.478 e. The van der Waals surface area contributed by atoms with Crippen molar-refractivity contribution in [1.29, 1.82) is 0 Å². The molecule has 6 heteroatoms. The van der Waals surface area contributed by atoms with Crippen molar-refractivity contribution in [1.82, 2.24) is 4.98 Å². The number of carboxylic acids is 1. The number of anilines is 1. The Hall–Kier alpha value is -1.07. The fourth-order valence-corrected chi connectivity index (χ4v) is 2.02. The van der Waals surface area contributed by atoms with E-state index in [1.165, 1.54) is 24.3 Å². The molecule has 0 aliphatic carbocycles. The number of aromatic nitrogens is 1. The Morgan fingerprint density at radius 3 is 2.60 bits per heavy atom. The molecule has 1 rings (SSSR count). The highest BCUT2D eigenvalue weighted by Gasteiger charge is 2.10. The standard InChI is InChI=1S/C9H11ClN2O2S/c1-5(8(13)14)4-6-7(10)11-9(15-6)12(2)3/h4H,1-3H3,(H,13,14). The first-order valence-electron chi connectivity index (χ1n) is 4.17. The summed E-state index contributed by atoms with van der Waals surface area (Å²) in [7, 11) is 3.71. The van der Waals surface area contributed by atoms with Crippen LogP contribution in [0, 0.1) is 0 Å². The highest BCUT2D eigenvalue weighted by molar-refractivity contribution is 7.17. The van der Waals surface area contributed by atoms with Crippen LogP contribution in [0.25, 0.3) is 6.08 Å². The van der Waals surface area contributed by atoms with Gasteiger partial charge in [0, 0.05) is 19.7 Å². The molecule has 82 valence electrons. The van der Waals surface area contributed by atoms with Crippen LogP contribution in [-0.2, 0) is 4.79 Å². The van der Waals surface area contributed by atoms with Crippen molar-refractivity contribution in [2.75, 3.05) is 19.0 Å². The molecule has 1 aromatic rings. The van der Waals surface area contributed by atoms with Crippen molar-refractivity contribution in [3.63, 3.8) is 0 Å². The molecule has 0 unspecified atom stereocenters. The van der Waals surface area contributed by atoms with Gasteiger partial charge in [-0.25, -0.2) is 9.78 Å². The molecule has 4 nitrogen and oxygen atoms in total. The van der Waals surface area contributed by atoms with E-state index in [9.17, 15) is 4.79 Å². The van der Waals surface area contributed by atoms with Gasteiger partial charge in [-0.05, 0) is 13.0 Å². The molecular formula is C9H11ClN2O2S. The van der Waals surface area contributed by atoms with Crippen molar-refractivity contribution in [3.8, 4) is 0 Å². The number of aliphatic carboxylic acids is 1. The van der Waals surface area contributed by atoms with E-state index in [-0.39, 0.29) is 5.57 Å². The summed E-state index contributed by atoms with van der Waals surface area (Å²) in [6.07, 6.45) is 1.52. The van der Waals surface area contributed by atoms with Crippen molar-refractivity contribution < 1.29 is 9.90 Å². The van der Waals surface area contributed by atoms with Crippen LogP contribution >= 0.6 is 22.9 Å². The van der Waals surface area contributed by atoms with Crippen LogP contribution in [0.1, 0.15) is 11.8 Å². The predicted octanol–water partition coefficient (Wildman–Crippen LogP) is 2.35. The Labute approximate surface area is 96.8 Å². The first kappa shape index (κ1) is 12.0. The van der Waals surface area contributed by atoms with Gasteiger partial charge in [-0.1, -0.05) is 22.9 Å². The summed E-state index contributed by atoms with van der Waals surface area (Å²) in [6.45, 7) is 1.52. The summed E-state index contributed by atoms with van der Waals surface area (Å²) in [6, 6.07) is 0. The van der Waals surface area contributed by atoms with E-state index < -0.39 is 5.97 Å². The van der Waals surface area contributed by atoms with Crippen LogP contribution in [0.4, 0.5) is 5.13 Å². The van der Waals surface area contributed by atoms with E-state index in [0.717, 1.165) is 5.13 Å². The van der Waals surface area contributed by atoms with E-state index in [1.54, 1.807) is 0 Å². The molecule has 0 radical (unpaired) electrons. The smallest absolute Gasteiger partial charge is 0.331 e. The van der Waals surface area contributed by atoms with Crippen LogP contribution in [-0.4, -0.2) is 30.2 Å². The van der Waals surface area contributed by atoms with Gasteiger partial charge >= 0.3 is 5.97 Å². The average Bonchev–Trinajstić information content (AvgIpc) is 2.47. The Morgan fingerprint density at radius 2 is 2.20 bits per heavy atom. The second-order valence-corrected chi connectivity index (χ2v) is 4.55. The lowest BCUT2D eigenvalue weighted by atomic mass is 10.3. The Bertz CT molecular complexity index is 412. The minimum absolute atomic E-state index is 0.242. The van der Waals surface area contributed by atoms with E-state index in [4.69, 9.17) is 16.7 Å². The summed E-state index contributed by atoms with van der Waals surface area (Å²) in [5.74, 6) is -0.953. The minimum atomic E-state index is -0.953. The molecule has 1 N–H and O–H groups in total. The van der Waals surface area contributed by atoms with Crippen molar-refractivity contribution in [3.05, 3.63) is 15.6 Å². The SMILES string of the molecule is CC(=Cc1sc(N(C)C)nc1Cl)C(=O)O. The number of carbonyl (C=O) groups is 1. The molecule has 15 heavy (non-hydrogen) atoms. The third kappa shape index (κ3) is 2.94. The van der Waals surface area contributed by atoms with Gasteiger partial charge in [-0.3, -0.25) is 0 Å². The molecule has 0 saturated carbocycles. The van der Waals surface area contributed by atoms with Gasteiger partial charge in [0.25, 0.3) is 0 Å². The maximum absolute atomic E-state index is 10.6. The molecule has 0 spiro atoms. The molecule has 1 aromatic heterocycles. The maximum Gasteiger partial charge on any atom is 0.331 e. The normalized spacial score (nSPS) is 11.6. The van der Waals surface area contributed by atoms with Crippen LogP contribution in [0.3, 0.4) is 0 Å². The van der Waals surface area contributed by atoms with E-state index in [1.807, 2.05) is 19.0 Å². The number of rotatable bonds is 3. The van der Waals surface area contributed by atoms with E-state index in [0.29, 0.717) is 10.0 Å². The van der Waals surface area contributed by atoms with Gasteiger partial charge in [0.15, 0.2) is 5.13 Å². The van der Waals surface area contributed by atoms with Crippen molar-refractivity contribution >= 4 is 40.1 Å². The molecule has 0 fully saturated rings. The lowest BCUT2D eigenvalue weighted by molar-refractivity contribution is -0.132. The van der Waals surface area contributed by atoms with Gasteiger partial charge < -0.3 is 10.0 Å². The average molecular weight is 247 g/mol. The summed E-state index contributed by atoms with van der Waals surface area (Å²) in [4.78, 5) is 17.2. The molecule has 0 bridgehead atoms. The van der Waals surface area contributed by atoms with Crippen LogP contribution in [0.15, 0.2) is 5.57 Å². The summed E-state index contributed by atoms with van der Waals surface area (Å²) in [5.41, 5.74) is 0.242. The highest BCUT2D eigenvalue weighted by Crippen LogP contribution is 2.30. The highest BCUT2D eigenvalue weighted by atomic mass is 35.5. The number of hydrogen-bond donors (Lipinski definition) is 1. The zero-order chi connectivity index (χ0) is 11.6. The molecule has 0 aromatic carbocycles. The molecule has 1 heterocycles. The number of nitrogens with zero attached hydrogens (tertiary/aromatic N) is 2. The van der Waals surface area contributed by atoms with Gasteiger partial charge in [0.05, 0.1) is 4.88 Å². The first-order chi connectivity index (χ1) is 6.91. The Morgan fingerprint density at radius 1 is 1.60 bits per heavy atom. The van der Waals surface area contributed by atoms with Crippen molar-refractivity contribution in [2.24, 2.45) is 0 Å². The van der Waals surface area contributed by atoms with Crippen molar-refractivity contribution in [2.45, 2.75) is 6.92 Å². The number of carboxylic acid groups (broad SMARTS) is 1. The van der Waals surface area contributed by atoms with E-state index in [2.05, 4.69) is 4.98 Å². The monoisotopic (exact) mass is 246 g/mol. The first-order valence-corrected chi connectivity index (χ1v) is 5.36. The van der Waals surface area contributed by atoms with Gasteiger partial charge in [-0.2, -0.15) is 0 Å². The maximum atomic E-state index is 10.6. The van der Waals surface area contributed by atoms with Gasteiger partial charge in [-0.15, -0.1) is 0 Å². The number of thiazole rings is 1. The zero-order valence-electron chi connectivity index (χ0n) is 8.61.